The Balaban J connectivity index is 2.23. The lowest BCUT2D eigenvalue weighted by Gasteiger charge is -2.09. The first-order valence-electron chi connectivity index (χ1n) is 5.77. The first kappa shape index (κ1) is 16.6. The number of carbonyl (C=O) groups is 1. The standard InChI is InChI=1S/C12H10Cl2N2O5S/c13-6-3-8(14)11(17)10(4-6)22(19,20)16-5-7-1-2-9(21-7)12(15)18/h1-4,16-17H,5H2,(H2,15,18). The number of phenols is 1. The highest BCUT2D eigenvalue weighted by Gasteiger charge is 2.22. The molecule has 0 saturated heterocycles. The van der Waals surface area contributed by atoms with E-state index in [9.17, 15) is 18.3 Å². The minimum atomic E-state index is -4.09. The highest BCUT2D eigenvalue weighted by Crippen LogP contribution is 2.34. The first-order valence-corrected chi connectivity index (χ1v) is 8.01. The zero-order chi connectivity index (χ0) is 16.5. The molecule has 1 amide bonds. The molecule has 0 atom stereocenters. The highest BCUT2D eigenvalue weighted by molar-refractivity contribution is 7.89. The number of carbonyl (C=O) groups excluding carboxylic acids is 1. The summed E-state index contributed by atoms with van der Waals surface area (Å²) in [5.74, 6) is -1.31. The molecule has 0 spiro atoms. The van der Waals surface area contributed by atoms with Crippen LogP contribution in [0.4, 0.5) is 0 Å². The average Bonchev–Trinajstić information content (AvgIpc) is 2.89. The molecule has 0 aliphatic heterocycles. The summed E-state index contributed by atoms with van der Waals surface area (Å²) in [7, 11) is -4.09. The van der Waals surface area contributed by atoms with E-state index < -0.39 is 26.6 Å². The van der Waals surface area contributed by atoms with Crippen molar-refractivity contribution >= 4 is 39.1 Å². The van der Waals surface area contributed by atoms with E-state index in [0.717, 1.165) is 6.07 Å². The second kappa shape index (κ2) is 6.17. The van der Waals surface area contributed by atoms with Gasteiger partial charge < -0.3 is 15.3 Å². The van der Waals surface area contributed by atoms with Crippen LogP contribution in [-0.2, 0) is 16.6 Å². The molecular weight excluding hydrogens is 355 g/mol. The Morgan fingerprint density at radius 1 is 1.32 bits per heavy atom. The maximum absolute atomic E-state index is 12.1. The van der Waals surface area contributed by atoms with Crippen LogP contribution in [-0.4, -0.2) is 19.4 Å². The molecule has 4 N–H and O–H groups in total. The van der Waals surface area contributed by atoms with Gasteiger partial charge in [0.2, 0.25) is 10.0 Å². The summed E-state index contributed by atoms with van der Waals surface area (Å²) >= 11 is 11.4. The number of amides is 1. The predicted molar refractivity (Wildman–Crippen MR) is 79.4 cm³/mol. The van der Waals surface area contributed by atoms with Crippen molar-refractivity contribution < 1.29 is 22.7 Å². The number of hydrogen-bond donors (Lipinski definition) is 3. The molecule has 0 aliphatic carbocycles. The van der Waals surface area contributed by atoms with Gasteiger partial charge in [0.25, 0.3) is 5.91 Å². The van der Waals surface area contributed by atoms with E-state index in [4.69, 9.17) is 33.4 Å². The minimum absolute atomic E-state index is 0.0530. The van der Waals surface area contributed by atoms with Crippen LogP contribution in [0.25, 0.3) is 0 Å². The number of aromatic hydroxyl groups is 1. The summed E-state index contributed by atoms with van der Waals surface area (Å²) in [6.07, 6.45) is 0. The van der Waals surface area contributed by atoms with Crippen LogP contribution in [0.1, 0.15) is 16.3 Å². The molecular formula is C12H10Cl2N2O5S. The van der Waals surface area contributed by atoms with Crippen LogP contribution in [0, 0.1) is 0 Å². The van der Waals surface area contributed by atoms with Crippen LogP contribution >= 0.6 is 23.2 Å². The van der Waals surface area contributed by atoms with E-state index in [1.165, 1.54) is 18.2 Å². The van der Waals surface area contributed by atoms with Crippen LogP contribution in [0.5, 0.6) is 5.75 Å². The fourth-order valence-corrected chi connectivity index (χ4v) is 3.34. The van der Waals surface area contributed by atoms with E-state index in [1.807, 2.05) is 0 Å². The molecule has 2 aromatic rings. The number of benzene rings is 1. The predicted octanol–water partition coefficient (Wildman–Crippen LogP) is 1.87. The molecule has 0 saturated carbocycles. The molecule has 22 heavy (non-hydrogen) atoms. The second-order valence-corrected chi connectivity index (χ2v) is 6.77. The quantitative estimate of drug-likeness (QED) is 0.747. The third kappa shape index (κ3) is 3.53. The summed E-state index contributed by atoms with van der Waals surface area (Å²) < 4.78 is 31.5. The number of halogens is 2. The van der Waals surface area contributed by atoms with Gasteiger partial charge >= 0.3 is 0 Å². The Labute approximate surface area is 135 Å². The number of nitrogens with two attached hydrogens (primary N) is 1. The molecule has 1 heterocycles. The fourth-order valence-electron chi connectivity index (χ4n) is 1.60. The van der Waals surface area contributed by atoms with Gasteiger partial charge in [-0.2, -0.15) is 0 Å². The molecule has 118 valence electrons. The van der Waals surface area contributed by atoms with E-state index in [1.54, 1.807) is 0 Å². The lowest BCUT2D eigenvalue weighted by Crippen LogP contribution is -2.23. The van der Waals surface area contributed by atoms with E-state index in [2.05, 4.69) is 4.72 Å². The smallest absolute Gasteiger partial charge is 0.284 e. The zero-order valence-corrected chi connectivity index (χ0v) is 13.2. The molecule has 10 heteroatoms. The maximum Gasteiger partial charge on any atom is 0.284 e. The first-order chi connectivity index (χ1) is 10.2. The normalized spacial score (nSPS) is 11.5. The van der Waals surface area contributed by atoms with Crippen LogP contribution in [0.3, 0.4) is 0 Å². The Morgan fingerprint density at radius 3 is 2.59 bits per heavy atom. The number of nitrogens with one attached hydrogen (secondary N) is 1. The number of phenolic OH excluding ortho intramolecular Hbond substituents is 1. The largest absolute Gasteiger partial charge is 0.505 e. The van der Waals surface area contributed by atoms with Gasteiger partial charge in [-0.1, -0.05) is 23.2 Å². The molecule has 1 aromatic heterocycles. The van der Waals surface area contributed by atoms with E-state index in [0.29, 0.717) is 0 Å². The van der Waals surface area contributed by atoms with E-state index in [-0.39, 0.29) is 28.1 Å². The van der Waals surface area contributed by atoms with Gasteiger partial charge in [0.05, 0.1) is 11.6 Å². The van der Waals surface area contributed by atoms with Crippen molar-refractivity contribution in [2.24, 2.45) is 5.73 Å². The number of sulfonamides is 1. The van der Waals surface area contributed by atoms with Crippen molar-refractivity contribution in [3.05, 3.63) is 45.8 Å². The third-order valence-corrected chi connectivity index (χ3v) is 4.54. The lowest BCUT2D eigenvalue weighted by molar-refractivity contribution is 0.0972. The van der Waals surface area contributed by atoms with Gasteiger partial charge in [0.15, 0.2) is 11.5 Å². The topological polar surface area (TPSA) is 123 Å². The number of rotatable bonds is 5. The Morgan fingerprint density at radius 2 is 2.00 bits per heavy atom. The highest BCUT2D eigenvalue weighted by atomic mass is 35.5. The summed E-state index contributed by atoms with van der Waals surface area (Å²) in [5.41, 5.74) is 5.02. The minimum Gasteiger partial charge on any atom is -0.505 e. The number of furan rings is 1. The Hall–Kier alpha value is -1.74. The van der Waals surface area contributed by atoms with Gasteiger partial charge in [-0.25, -0.2) is 13.1 Å². The Bertz CT molecular complexity index is 832. The molecule has 7 nitrogen and oxygen atoms in total. The second-order valence-electron chi connectivity index (χ2n) is 4.19. The van der Waals surface area contributed by atoms with E-state index >= 15 is 0 Å². The lowest BCUT2D eigenvalue weighted by atomic mass is 10.3. The molecule has 0 fully saturated rings. The van der Waals surface area contributed by atoms with Crippen LogP contribution < -0.4 is 10.5 Å². The monoisotopic (exact) mass is 364 g/mol. The molecule has 0 bridgehead atoms. The number of hydrogen-bond acceptors (Lipinski definition) is 5. The summed E-state index contributed by atoms with van der Waals surface area (Å²) in [6, 6.07) is 4.98. The zero-order valence-electron chi connectivity index (χ0n) is 10.8. The summed E-state index contributed by atoms with van der Waals surface area (Å²) in [6.45, 7) is -0.251. The summed E-state index contributed by atoms with van der Waals surface area (Å²) in [4.78, 5) is 10.4. The fraction of sp³-hybridized carbons (Fsp3) is 0.0833. The molecule has 2 rings (SSSR count). The molecule has 0 aliphatic rings. The average molecular weight is 365 g/mol. The summed E-state index contributed by atoms with van der Waals surface area (Å²) in [5, 5.41) is 9.60. The number of primary amides is 1. The molecule has 0 unspecified atom stereocenters. The van der Waals surface area contributed by atoms with Gasteiger partial charge in [0, 0.05) is 5.02 Å². The molecule has 1 aromatic carbocycles. The van der Waals surface area contributed by atoms with Gasteiger partial charge in [-0.15, -0.1) is 0 Å². The van der Waals surface area contributed by atoms with Gasteiger partial charge in [-0.3, -0.25) is 4.79 Å². The van der Waals surface area contributed by atoms with Crippen molar-refractivity contribution in [2.45, 2.75) is 11.4 Å². The van der Waals surface area contributed by atoms with Crippen LogP contribution in [0.15, 0.2) is 33.6 Å². The van der Waals surface area contributed by atoms with Crippen molar-refractivity contribution in [3.63, 3.8) is 0 Å². The van der Waals surface area contributed by atoms with Crippen molar-refractivity contribution in [3.8, 4) is 5.75 Å². The Kier molecular flexibility index (Phi) is 4.66. The van der Waals surface area contributed by atoms with Crippen molar-refractivity contribution in [1.82, 2.24) is 4.72 Å². The van der Waals surface area contributed by atoms with Gasteiger partial charge in [-0.05, 0) is 24.3 Å². The third-order valence-electron chi connectivity index (χ3n) is 2.62. The van der Waals surface area contributed by atoms with Crippen LogP contribution in [0.2, 0.25) is 10.0 Å². The SMILES string of the molecule is NC(=O)c1ccc(CNS(=O)(=O)c2cc(Cl)cc(Cl)c2O)o1. The van der Waals surface area contributed by atoms with Crippen molar-refractivity contribution in [1.29, 1.82) is 0 Å². The molecule has 0 radical (unpaired) electrons. The van der Waals surface area contributed by atoms with Gasteiger partial charge in [0.1, 0.15) is 10.7 Å². The maximum atomic E-state index is 12.1. The van der Waals surface area contributed by atoms with Crippen molar-refractivity contribution in [2.75, 3.05) is 0 Å².